The van der Waals surface area contributed by atoms with E-state index in [0.29, 0.717) is 23.3 Å². The van der Waals surface area contributed by atoms with Crippen molar-refractivity contribution in [3.05, 3.63) is 76.7 Å². The molecule has 3 aromatic rings. The number of rotatable bonds is 4. The fraction of sp³-hybridized carbons (Fsp3) is 0.200. The van der Waals surface area contributed by atoms with Gasteiger partial charge in [0.2, 0.25) is 0 Å². The Bertz CT molecular complexity index is 1220. The van der Waals surface area contributed by atoms with Gasteiger partial charge < -0.3 is 4.74 Å². The summed E-state index contributed by atoms with van der Waals surface area (Å²) in [5, 5.41) is -0.00481. The van der Waals surface area contributed by atoms with Gasteiger partial charge in [-0.05, 0) is 36.2 Å². The summed E-state index contributed by atoms with van der Waals surface area (Å²) < 4.78 is 72.2. The number of fused-ring (bicyclic) bond motifs is 1. The van der Waals surface area contributed by atoms with Crippen LogP contribution in [0.25, 0.3) is 0 Å². The third-order valence-corrected chi connectivity index (χ3v) is 6.54. The maximum atomic E-state index is 12.9. The zero-order valence-corrected chi connectivity index (χ0v) is 17.3. The number of hydrogen-bond donors (Lipinski definition) is 1. The fourth-order valence-electron chi connectivity index (χ4n) is 3.39. The van der Waals surface area contributed by atoms with Crippen LogP contribution in [-0.4, -0.2) is 25.0 Å². The van der Waals surface area contributed by atoms with Gasteiger partial charge in [-0.15, -0.1) is 0 Å². The van der Waals surface area contributed by atoms with Gasteiger partial charge in [0.1, 0.15) is 17.9 Å². The van der Waals surface area contributed by atoms with Crippen LogP contribution in [0.3, 0.4) is 0 Å². The first-order valence-corrected chi connectivity index (χ1v) is 10.9. The van der Waals surface area contributed by atoms with Crippen LogP contribution < -0.4 is 9.46 Å². The van der Waals surface area contributed by atoms with Crippen molar-refractivity contribution >= 4 is 27.4 Å². The molecule has 1 aliphatic heterocycles. The topological polar surface area (TPSA) is 81.2 Å². The van der Waals surface area contributed by atoms with E-state index in [2.05, 4.69) is 14.7 Å². The second-order valence-corrected chi connectivity index (χ2v) is 8.91. The Hall–Kier alpha value is -2.85. The summed E-state index contributed by atoms with van der Waals surface area (Å²) in [6.45, 7) is 0.262. The monoisotopic (exact) mass is 469 g/mol. The molecule has 0 saturated carbocycles. The van der Waals surface area contributed by atoms with Crippen molar-refractivity contribution in [2.75, 3.05) is 11.3 Å². The molecule has 1 aliphatic rings. The van der Waals surface area contributed by atoms with E-state index in [1.165, 1.54) is 36.8 Å². The van der Waals surface area contributed by atoms with Crippen LogP contribution in [0.1, 0.15) is 29.0 Å². The lowest BCUT2D eigenvalue weighted by molar-refractivity contribution is -0.137. The number of aromatic nitrogens is 2. The van der Waals surface area contributed by atoms with Gasteiger partial charge in [0, 0.05) is 28.8 Å². The Morgan fingerprint density at radius 2 is 1.87 bits per heavy atom. The number of sulfonamides is 1. The molecular formula is C20H15ClF3N3O3S. The van der Waals surface area contributed by atoms with Gasteiger partial charge in [-0.1, -0.05) is 23.7 Å². The molecule has 1 atom stereocenters. The molecule has 0 saturated heterocycles. The lowest BCUT2D eigenvalue weighted by Crippen LogP contribution is -2.18. The Morgan fingerprint density at radius 3 is 2.55 bits per heavy atom. The lowest BCUT2D eigenvalue weighted by Gasteiger charge is -2.27. The van der Waals surface area contributed by atoms with Crippen LogP contribution >= 0.6 is 11.6 Å². The molecule has 0 aliphatic carbocycles. The van der Waals surface area contributed by atoms with Gasteiger partial charge in [0.15, 0.2) is 0 Å². The first kappa shape index (κ1) is 21.4. The maximum absolute atomic E-state index is 12.9. The van der Waals surface area contributed by atoms with Crippen LogP contribution in [-0.2, 0) is 16.2 Å². The van der Waals surface area contributed by atoms with Crippen LogP contribution in [0.2, 0.25) is 5.02 Å². The zero-order valence-electron chi connectivity index (χ0n) is 15.7. The predicted molar refractivity (Wildman–Crippen MR) is 108 cm³/mol. The molecule has 31 heavy (non-hydrogen) atoms. The molecule has 2 heterocycles. The molecule has 4 rings (SSSR count). The molecule has 11 heteroatoms. The highest BCUT2D eigenvalue weighted by molar-refractivity contribution is 7.92. The summed E-state index contributed by atoms with van der Waals surface area (Å²) in [4.78, 5) is 7.53. The minimum atomic E-state index is -4.49. The highest BCUT2D eigenvalue weighted by Crippen LogP contribution is 2.43. The second kappa shape index (κ2) is 8.01. The first-order valence-electron chi connectivity index (χ1n) is 9.07. The van der Waals surface area contributed by atoms with Crippen molar-refractivity contribution in [3.63, 3.8) is 0 Å². The molecule has 2 aromatic carbocycles. The summed E-state index contributed by atoms with van der Waals surface area (Å²) in [5.41, 5.74) is 0.341. The lowest BCUT2D eigenvalue weighted by atomic mass is 9.86. The fourth-order valence-corrected chi connectivity index (χ4v) is 4.73. The molecular weight excluding hydrogens is 455 g/mol. The van der Waals surface area contributed by atoms with Crippen molar-refractivity contribution in [2.24, 2.45) is 0 Å². The van der Waals surface area contributed by atoms with E-state index < -0.39 is 21.8 Å². The zero-order chi connectivity index (χ0) is 22.2. The Labute approximate surface area is 181 Å². The number of halogens is 4. The Balaban J connectivity index is 1.66. The van der Waals surface area contributed by atoms with Crippen LogP contribution in [0, 0.1) is 0 Å². The maximum Gasteiger partial charge on any atom is 0.416 e. The van der Waals surface area contributed by atoms with Gasteiger partial charge in [0.05, 0.1) is 17.1 Å². The van der Waals surface area contributed by atoms with E-state index in [1.54, 1.807) is 6.07 Å². The molecule has 0 radical (unpaired) electrons. The normalized spacial score (nSPS) is 16.3. The predicted octanol–water partition coefficient (Wildman–Crippen LogP) is 4.86. The highest BCUT2D eigenvalue weighted by atomic mass is 35.5. The summed E-state index contributed by atoms with van der Waals surface area (Å²) in [7, 11) is -3.93. The third kappa shape index (κ3) is 4.45. The summed E-state index contributed by atoms with van der Waals surface area (Å²) in [6, 6.07) is 9.02. The van der Waals surface area contributed by atoms with Crippen molar-refractivity contribution in [2.45, 2.75) is 23.4 Å². The Kier molecular flexibility index (Phi) is 5.52. The Morgan fingerprint density at radius 1 is 1.10 bits per heavy atom. The van der Waals surface area contributed by atoms with Crippen molar-refractivity contribution < 1.29 is 26.3 Å². The molecule has 162 valence electrons. The first-order chi connectivity index (χ1) is 14.6. The highest BCUT2D eigenvalue weighted by Gasteiger charge is 2.33. The SMILES string of the molecule is O=S(=O)(Nc1ccncn1)c1ccc2c(c1)OCC[C@@H]2c1ccc(C(F)(F)F)cc1Cl. The van der Waals surface area contributed by atoms with E-state index in [9.17, 15) is 21.6 Å². The summed E-state index contributed by atoms with van der Waals surface area (Å²) in [5.74, 6) is 0.117. The smallest absolute Gasteiger partial charge is 0.416 e. The summed E-state index contributed by atoms with van der Waals surface area (Å²) in [6.07, 6.45) is -1.38. The minimum Gasteiger partial charge on any atom is -0.493 e. The number of ether oxygens (including phenoxy) is 1. The molecule has 0 bridgehead atoms. The van der Waals surface area contributed by atoms with Gasteiger partial charge >= 0.3 is 6.18 Å². The third-order valence-electron chi connectivity index (χ3n) is 4.86. The van der Waals surface area contributed by atoms with Crippen molar-refractivity contribution in [1.82, 2.24) is 9.97 Å². The minimum absolute atomic E-state index is 0.00481. The van der Waals surface area contributed by atoms with Crippen LogP contribution in [0.4, 0.5) is 19.0 Å². The van der Waals surface area contributed by atoms with Gasteiger partial charge in [0.25, 0.3) is 10.0 Å². The molecule has 0 spiro atoms. The molecule has 6 nitrogen and oxygen atoms in total. The number of nitrogens with zero attached hydrogens (tertiary/aromatic N) is 2. The van der Waals surface area contributed by atoms with E-state index in [0.717, 1.165) is 12.1 Å². The number of hydrogen-bond acceptors (Lipinski definition) is 5. The van der Waals surface area contributed by atoms with Crippen LogP contribution in [0.5, 0.6) is 5.75 Å². The number of alkyl halides is 3. The van der Waals surface area contributed by atoms with E-state index in [1.807, 2.05) is 0 Å². The molecule has 0 fully saturated rings. The van der Waals surface area contributed by atoms with E-state index in [-0.39, 0.29) is 28.3 Å². The average molecular weight is 470 g/mol. The van der Waals surface area contributed by atoms with Crippen molar-refractivity contribution in [3.8, 4) is 5.75 Å². The summed E-state index contributed by atoms with van der Waals surface area (Å²) >= 11 is 6.17. The molecule has 0 amide bonds. The van der Waals surface area contributed by atoms with E-state index >= 15 is 0 Å². The number of nitrogens with one attached hydrogen (secondary N) is 1. The quantitative estimate of drug-likeness (QED) is 0.590. The van der Waals surface area contributed by atoms with Crippen LogP contribution in [0.15, 0.2) is 59.9 Å². The van der Waals surface area contributed by atoms with Gasteiger partial charge in [-0.25, -0.2) is 18.4 Å². The molecule has 1 N–H and O–H groups in total. The number of benzene rings is 2. The standard InChI is InChI=1S/C20H15ClF3N3O3S/c21-17-9-12(20(22,23)24)1-3-15(17)14-6-8-30-18-10-13(2-4-16(14)18)31(28,29)27-19-5-7-25-11-26-19/h1-5,7,9-11,14H,6,8H2,(H,25,26,27)/t14-/m1/s1. The van der Waals surface area contributed by atoms with Gasteiger partial charge in [-0.3, -0.25) is 4.72 Å². The molecule has 1 aromatic heterocycles. The van der Waals surface area contributed by atoms with Gasteiger partial charge in [-0.2, -0.15) is 13.2 Å². The molecule has 0 unspecified atom stereocenters. The van der Waals surface area contributed by atoms with E-state index in [4.69, 9.17) is 16.3 Å². The second-order valence-electron chi connectivity index (χ2n) is 6.82. The van der Waals surface area contributed by atoms with Crippen molar-refractivity contribution in [1.29, 1.82) is 0 Å². The number of anilines is 1. The largest absolute Gasteiger partial charge is 0.493 e. The average Bonchev–Trinajstić information content (AvgIpc) is 2.73.